The molecule has 1 aromatic rings. The molecule has 112 valence electrons. The van der Waals surface area contributed by atoms with Gasteiger partial charge in [0, 0.05) is 13.6 Å². The van der Waals surface area contributed by atoms with Crippen LogP contribution in [0.1, 0.15) is 30.1 Å². The van der Waals surface area contributed by atoms with Crippen molar-refractivity contribution in [3.63, 3.8) is 0 Å². The molecule has 0 spiro atoms. The van der Waals surface area contributed by atoms with Gasteiger partial charge in [-0.25, -0.2) is 4.79 Å². The third-order valence-corrected chi connectivity index (χ3v) is 4.21. The van der Waals surface area contributed by atoms with Gasteiger partial charge in [-0.15, -0.1) is 0 Å². The number of anilines is 1. The Hall–Kier alpha value is -1.80. The van der Waals surface area contributed by atoms with Gasteiger partial charge in [-0.1, -0.05) is 13.3 Å². The standard InChI is InChI=1S/C12H18N2O5S/c1-3-4-7-14(2)20(18,19)13-9-5-6-11(15)10(8-9)12(16)17/h5-6,8,13,15H,3-4,7H2,1-2H3,(H,16,17). The van der Waals surface area contributed by atoms with Crippen molar-refractivity contribution in [1.29, 1.82) is 0 Å². The van der Waals surface area contributed by atoms with Crippen LogP contribution >= 0.6 is 0 Å². The summed E-state index contributed by atoms with van der Waals surface area (Å²) >= 11 is 0. The maximum Gasteiger partial charge on any atom is 0.339 e. The van der Waals surface area contributed by atoms with Crippen LogP contribution in [0.4, 0.5) is 5.69 Å². The highest BCUT2D eigenvalue weighted by Crippen LogP contribution is 2.22. The lowest BCUT2D eigenvalue weighted by atomic mass is 10.2. The minimum atomic E-state index is -3.73. The van der Waals surface area contributed by atoms with Crippen LogP contribution in [0.5, 0.6) is 5.75 Å². The number of nitrogens with zero attached hydrogens (tertiary/aromatic N) is 1. The highest BCUT2D eigenvalue weighted by atomic mass is 32.2. The number of nitrogens with one attached hydrogen (secondary N) is 1. The molecular weight excluding hydrogens is 284 g/mol. The second kappa shape index (κ2) is 6.58. The maximum atomic E-state index is 12.0. The summed E-state index contributed by atoms with van der Waals surface area (Å²) in [4.78, 5) is 10.9. The number of carbonyl (C=O) groups is 1. The van der Waals surface area contributed by atoms with Gasteiger partial charge in [0.05, 0.1) is 5.69 Å². The third-order valence-electron chi connectivity index (χ3n) is 2.71. The minimum absolute atomic E-state index is 0.0866. The molecule has 0 heterocycles. The molecule has 0 aliphatic heterocycles. The van der Waals surface area contributed by atoms with Crippen molar-refractivity contribution in [1.82, 2.24) is 4.31 Å². The number of carboxylic acid groups (broad SMARTS) is 1. The Labute approximate surface area is 118 Å². The molecule has 8 heteroatoms. The van der Waals surface area contributed by atoms with Crippen LogP contribution in [-0.4, -0.2) is 42.5 Å². The predicted octanol–water partition coefficient (Wildman–Crippen LogP) is 1.48. The second-order valence-electron chi connectivity index (χ2n) is 4.32. The van der Waals surface area contributed by atoms with Crippen molar-refractivity contribution < 1.29 is 23.4 Å². The van der Waals surface area contributed by atoms with Gasteiger partial charge in [0.1, 0.15) is 11.3 Å². The van der Waals surface area contributed by atoms with Gasteiger partial charge < -0.3 is 10.2 Å². The number of aromatic carboxylic acids is 1. The van der Waals surface area contributed by atoms with Crippen LogP contribution in [0.25, 0.3) is 0 Å². The zero-order valence-corrected chi connectivity index (χ0v) is 12.1. The first-order valence-corrected chi connectivity index (χ1v) is 7.52. The zero-order valence-electron chi connectivity index (χ0n) is 11.3. The van der Waals surface area contributed by atoms with Crippen molar-refractivity contribution in [3.05, 3.63) is 23.8 Å². The summed E-state index contributed by atoms with van der Waals surface area (Å²) in [5.74, 6) is -1.75. The van der Waals surface area contributed by atoms with Gasteiger partial charge in [-0.3, -0.25) is 4.72 Å². The van der Waals surface area contributed by atoms with Crippen molar-refractivity contribution in [3.8, 4) is 5.75 Å². The molecule has 7 nitrogen and oxygen atoms in total. The van der Waals surface area contributed by atoms with Crippen LogP contribution in [0.15, 0.2) is 18.2 Å². The maximum absolute atomic E-state index is 12.0. The number of aromatic hydroxyl groups is 1. The summed E-state index contributed by atoms with van der Waals surface area (Å²) in [5, 5.41) is 18.2. The average molecular weight is 302 g/mol. The Kier molecular flexibility index (Phi) is 5.34. The lowest BCUT2D eigenvalue weighted by Crippen LogP contribution is -2.33. The molecule has 0 aliphatic carbocycles. The summed E-state index contributed by atoms with van der Waals surface area (Å²) < 4.78 is 27.4. The molecule has 0 saturated carbocycles. The van der Waals surface area contributed by atoms with E-state index >= 15 is 0 Å². The molecule has 0 atom stereocenters. The van der Waals surface area contributed by atoms with Gasteiger partial charge >= 0.3 is 16.2 Å². The summed E-state index contributed by atoms with van der Waals surface area (Å²) in [6, 6.07) is 3.50. The summed E-state index contributed by atoms with van der Waals surface area (Å²) in [7, 11) is -2.29. The number of hydrogen-bond acceptors (Lipinski definition) is 4. The number of unbranched alkanes of at least 4 members (excludes halogenated alkanes) is 1. The van der Waals surface area contributed by atoms with E-state index in [2.05, 4.69) is 4.72 Å². The molecule has 0 radical (unpaired) electrons. The zero-order chi connectivity index (χ0) is 15.3. The number of hydrogen-bond donors (Lipinski definition) is 3. The molecule has 0 saturated heterocycles. The molecule has 0 amide bonds. The van der Waals surface area contributed by atoms with E-state index in [0.29, 0.717) is 6.54 Å². The fraction of sp³-hybridized carbons (Fsp3) is 0.417. The summed E-state index contributed by atoms with van der Waals surface area (Å²) in [5.41, 5.74) is -0.273. The Balaban J connectivity index is 2.92. The van der Waals surface area contributed by atoms with E-state index in [0.717, 1.165) is 29.3 Å². The minimum Gasteiger partial charge on any atom is -0.507 e. The molecule has 1 aromatic carbocycles. The van der Waals surface area contributed by atoms with Crippen molar-refractivity contribution in [2.24, 2.45) is 0 Å². The Morgan fingerprint density at radius 2 is 2.05 bits per heavy atom. The third kappa shape index (κ3) is 4.10. The molecule has 0 aliphatic rings. The second-order valence-corrected chi connectivity index (χ2v) is 6.10. The van der Waals surface area contributed by atoms with Gasteiger partial charge in [-0.2, -0.15) is 12.7 Å². The number of rotatable bonds is 7. The Morgan fingerprint density at radius 3 is 2.60 bits per heavy atom. The summed E-state index contributed by atoms with van der Waals surface area (Å²) in [6.45, 7) is 2.32. The van der Waals surface area contributed by atoms with E-state index in [1.807, 2.05) is 6.92 Å². The molecule has 0 bridgehead atoms. The van der Waals surface area contributed by atoms with Crippen molar-refractivity contribution >= 4 is 21.9 Å². The molecular formula is C12H18N2O5S. The number of benzene rings is 1. The predicted molar refractivity (Wildman–Crippen MR) is 75.1 cm³/mol. The number of phenols is 1. The first-order valence-electron chi connectivity index (χ1n) is 6.08. The van der Waals surface area contributed by atoms with Crippen LogP contribution < -0.4 is 4.72 Å². The monoisotopic (exact) mass is 302 g/mol. The smallest absolute Gasteiger partial charge is 0.339 e. The van der Waals surface area contributed by atoms with Crippen LogP contribution in [0, 0.1) is 0 Å². The van der Waals surface area contributed by atoms with E-state index in [1.54, 1.807) is 0 Å². The Morgan fingerprint density at radius 1 is 1.40 bits per heavy atom. The fourth-order valence-electron chi connectivity index (χ4n) is 1.50. The quantitative estimate of drug-likeness (QED) is 0.661. The molecule has 0 unspecified atom stereocenters. The topological polar surface area (TPSA) is 107 Å². The van der Waals surface area contributed by atoms with Gasteiger partial charge in [0.2, 0.25) is 0 Å². The van der Waals surface area contributed by atoms with E-state index in [-0.39, 0.29) is 11.3 Å². The van der Waals surface area contributed by atoms with Gasteiger partial charge in [-0.05, 0) is 24.6 Å². The molecule has 0 fully saturated rings. The Bertz CT molecular complexity index is 586. The van der Waals surface area contributed by atoms with Crippen LogP contribution in [0.2, 0.25) is 0 Å². The van der Waals surface area contributed by atoms with Crippen LogP contribution in [-0.2, 0) is 10.2 Å². The largest absolute Gasteiger partial charge is 0.507 e. The molecule has 0 aromatic heterocycles. The van der Waals surface area contributed by atoms with Gasteiger partial charge in [0.15, 0.2) is 0 Å². The first-order chi connectivity index (χ1) is 9.27. The molecule has 3 N–H and O–H groups in total. The van der Waals surface area contributed by atoms with Crippen molar-refractivity contribution in [2.75, 3.05) is 18.3 Å². The van der Waals surface area contributed by atoms with E-state index < -0.39 is 21.9 Å². The van der Waals surface area contributed by atoms with E-state index in [4.69, 9.17) is 5.11 Å². The lowest BCUT2D eigenvalue weighted by Gasteiger charge is -2.18. The van der Waals surface area contributed by atoms with Gasteiger partial charge in [0.25, 0.3) is 0 Å². The SMILES string of the molecule is CCCCN(C)S(=O)(=O)Nc1ccc(O)c(C(=O)O)c1. The van der Waals surface area contributed by atoms with Crippen LogP contribution in [0.3, 0.4) is 0 Å². The average Bonchev–Trinajstić information content (AvgIpc) is 2.37. The van der Waals surface area contributed by atoms with E-state index in [1.165, 1.54) is 13.1 Å². The van der Waals surface area contributed by atoms with E-state index in [9.17, 15) is 18.3 Å². The highest BCUT2D eigenvalue weighted by molar-refractivity contribution is 7.90. The molecule has 20 heavy (non-hydrogen) atoms. The molecule has 1 rings (SSSR count). The number of carboxylic acids is 1. The highest BCUT2D eigenvalue weighted by Gasteiger charge is 2.18. The summed E-state index contributed by atoms with van der Waals surface area (Å²) in [6.07, 6.45) is 1.59. The van der Waals surface area contributed by atoms with Crippen molar-refractivity contribution in [2.45, 2.75) is 19.8 Å². The fourth-order valence-corrected chi connectivity index (χ4v) is 2.45. The lowest BCUT2D eigenvalue weighted by molar-refractivity contribution is 0.0693. The first kappa shape index (κ1) is 16.3. The normalized spacial score (nSPS) is 11.6.